The van der Waals surface area contributed by atoms with E-state index in [2.05, 4.69) is 289 Å². The van der Waals surface area contributed by atoms with Crippen molar-refractivity contribution in [3.8, 4) is 50.2 Å². The topological polar surface area (TPSA) is 8.17 Å². The summed E-state index contributed by atoms with van der Waals surface area (Å²) in [6, 6.07) is 106. The SMILES string of the molecule is c1ccc2c(c1)-c1ccc(N(c3ccc(-c4cccc5sc6ccccc6c45)cc3)c3ccc4c(c3)C3(c5ccccc5-4)c4ccccc4-n4c5ccccc5c5cccc3c54)cc1C21c2ccccc2-c2c1ccc1ccccc21. The van der Waals surface area contributed by atoms with Gasteiger partial charge < -0.3 is 9.47 Å². The largest absolute Gasteiger partial charge is 0.310 e. The van der Waals surface area contributed by atoms with Crippen LogP contribution in [0.2, 0.25) is 0 Å². The highest BCUT2D eigenvalue weighted by atomic mass is 32.1. The lowest BCUT2D eigenvalue weighted by Crippen LogP contribution is -2.33. The highest BCUT2D eigenvalue weighted by molar-refractivity contribution is 7.25. The van der Waals surface area contributed by atoms with E-state index < -0.39 is 10.8 Å². The lowest BCUT2D eigenvalue weighted by atomic mass is 9.65. The first kappa shape index (κ1) is 43.9. The zero-order valence-electron chi connectivity index (χ0n) is 43.9. The van der Waals surface area contributed by atoms with Gasteiger partial charge in [0.1, 0.15) is 0 Å². The maximum Gasteiger partial charge on any atom is 0.0755 e. The van der Waals surface area contributed by atoms with Crippen LogP contribution >= 0.6 is 11.3 Å². The second-order valence-electron chi connectivity index (χ2n) is 22.5. The first-order valence-electron chi connectivity index (χ1n) is 28.2. The monoisotopic (exact) mass is 1040 g/mol. The van der Waals surface area contributed by atoms with Crippen LogP contribution in [0.5, 0.6) is 0 Å². The van der Waals surface area contributed by atoms with Crippen molar-refractivity contribution in [1.82, 2.24) is 4.57 Å². The molecule has 13 aromatic carbocycles. The van der Waals surface area contributed by atoms with E-state index >= 15 is 0 Å². The summed E-state index contributed by atoms with van der Waals surface area (Å²) >= 11 is 1.87. The fourth-order valence-electron chi connectivity index (χ4n) is 16.0. The summed E-state index contributed by atoms with van der Waals surface area (Å²) in [6.07, 6.45) is 0. The van der Waals surface area contributed by atoms with Gasteiger partial charge in [0.05, 0.1) is 27.6 Å². The summed E-state index contributed by atoms with van der Waals surface area (Å²) < 4.78 is 5.16. The molecule has 2 unspecified atom stereocenters. The number of aromatic nitrogens is 1. The van der Waals surface area contributed by atoms with Crippen LogP contribution in [0.4, 0.5) is 17.1 Å². The van der Waals surface area contributed by atoms with Gasteiger partial charge in [-0.25, -0.2) is 0 Å². The van der Waals surface area contributed by atoms with E-state index in [1.165, 1.54) is 147 Å². The Bertz CT molecular complexity index is 5270. The minimum absolute atomic E-state index is 0.540. The van der Waals surface area contributed by atoms with Crippen LogP contribution in [0.15, 0.2) is 279 Å². The molecule has 2 aromatic heterocycles. The molecule has 19 rings (SSSR count). The van der Waals surface area contributed by atoms with E-state index in [-0.39, 0.29) is 0 Å². The zero-order chi connectivity index (χ0) is 52.7. The third kappa shape index (κ3) is 5.43. The molecule has 2 atom stereocenters. The Morgan fingerprint density at radius 3 is 1.58 bits per heavy atom. The van der Waals surface area contributed by atoms with Crippen molar-refractivity contribution < 1.29 is 0 Å². The van der Waals surface area contributed by atoms with Gasteiger partial charge in [0, 0.05) is 48.0 Å². The Hall–Kier alpha value is -10.1. The van der Waals surface area contributed by atoms with E-state index in [4.69, 9.17) is 0 Å². The predicted octanol–water partition coefficient (Wildman–Crippen LogP) is 20.5. The average Bonchev–Trinajstić information content (AvgIpc) is 3.92. The van der Waals surface area contributed by atoms with Gasteiger partial charge >= 0.3 is 0 Å². The van der Waals surface area contributed by atoms with Gasteiger partial charge in [0.15, 0.2) is 0 Å². The molecule has 0 N–H and O–H groups in total. The van der Waals surface area contributed by atoms with Crippen molar-refractivity contribution in [3.05, 3.63) is 324 Å². The number of thiophene rings is 1. The van der Waals surface area contributed by atoms with E-state index in [1.807, 2.05) is 11.3 Å². The van der Waals surface area contributed by atoms with E-state index in [0.29, 0.717) is 0 Å². The van der Waals surface area contributed by atoms with Gasteiger partial charge in [0.25, 0.3) is 0 Å². The Balaban J connectivity index is 0.883. The molecule has 374 valence electrons. The molecule has 0 saturated heterocycles. The molecule has 3 aliphatic carbocycles. The molecule has 0 amide bonds. The maximum atomic E-state index is 2.56. The number of para-hydroxylation sites is 3. The first-order chi connectivity index (χ1) is 40.2. The minimum atomic E-state index is -0.608. The smallest absolute Gasteiger partial charge is 0.0755 e. The number of rotatable bonds is 4. The van der Waals surface area contributed by atoms with E-state index in [9.17, 15) is 0 Å². The first-order valence-corrected chi connectivity index (χ1v) is 29.1. The molecule has 0 bridgehead atoms. The lowest BCUT2D eigenvalue weighted by Gasteiger charge is -2.40. The molecule has 2 spiro atoms. The molecular weight excluding hydrogens is 997 g/mol. The van der Waals surface area contributed by atoms with Gasteiger partial charge in [-0.1, -0.05) is 218 Å². The van der Waals surface area contributed by atoms with Crippen LogP contribution in [0, 0.1) is 0 Å². The molecule has 4 aliphatic rings. The molecule has 0 fully saturated rings. The van der Waals surface area contributed by atoms with Crippen molar-refractivity contribution in [2.75, 3.05) is 4.90 Å². The number of hydrogen-bond donors (Lipinski definition) is 0. The third-order valence-electron chi connectivity index (χ3n) is 19.0. The van der Waals surface area contributed by atoms with Crippen molar-refractivity contribution >= 4 is 81.1 Å². The number of hydrogen-bond acceptors (Lipinski definition) is 2. The van der Waals surface area contributed by atoms with Crippen molar-refractivity contribution in [2.45, 2.75) is 10.8 Å². The molecule has 1 aliphatic heterocycles. The minimum Gasteiger partial charge on any atom is -0.310 e. The van der Waals surface area contributed by atoms with E-state index in [1.54, 1.807) is 0 Å². The maximum absolute atomic E-state index is 2.56. The molecule has 0 saturated carbocycles. The van der Waals surface area contributed by atoms with Crippen molar-refractivity contribution in [3.63, 3.8) is 0 Å². The van der Waals surface area contributed by atoms with Gasteiger partial charge in [0.2, 0.25) is 0 Å². The molecule has 15 aromatic rings. The summed E-state index contributed by atoms with van der Waals surface area (Å²) in [5.41, 5.74) is 26.7. The fraction of sp³-hybridized carbons (Fsp3) is 0.0256. The molecular formula is C78H46N2S. The Labute approximate surface area is 472 Å². The van der Waals surface area contributed by atoms with Crippen LogP contribution in [-0.2, 0) is 10.8 Å². The van der Waals surface area contributed by atoms with Crippen LogP contribution in [-0.4, -0.2) is 4.57 Å². The normalized spacial score (nSPS) is 16.5. The zero-order valence-corrected chi connectivity index (χ0v) is 44.7. The van der Waals surface area contributed by atoms with Gasteiger partial charge in [-0.3, -0.25) is 0 Å². The summed E-state index contributed by atoms with van der Waals surface area (Å²) in [7, 11) is 0. The molecule has 0 radical (unpaired) electrons. The summed E-state index contributed by atoms with van der Waals surface area (Å²) in [5, 5.41) is 7.74. The standard InChI is InChI=1S/C78H46N2S/c1-2-18-52-47(17-1)37-44-66-74(52)60-22-5-10-28-64(60)77(66)62-26-8-3-19-54(62)56-42-40-50(45-68(56)77)79(49-38-35-48(36-39-49)53-24-16-34-73-75(53)61-23-7-14-33-72(61)81-73)51-41-43-57-55-20-4-9-27-63(55)78(69(57)46-51)65-29-11-13-32-71(65)80-70-31-12-6-21-58(70)59-25-15-30-67(78)76(59)80/h1-46H. The summed E-state index contributed by atoms with van der Waals surface area (Å²) in [4.78, 5) is 2.55. The van der Waals surface area contributed by atoms with Gasteiger partial charge in [-0.2, -0.15) is 0 Å². The van der Waals surface area contributed by atoms with Gasteiger partial charge in [-0.15, -0.1) is 11.3 Å². The predicted molar refractivity (Wildman–Crippen MR) is 338 cm³/mol. The molecule has 81 heavy (non-hydrogen) atoms. The molecule has 3 heteroatoms. The Morgan fingerprint density at radius 1 is 0.309 bits per heavy atom. The van der Waals surface area contributed by atoms with Crippen molar-refractivity contribution in [2.24, 2.45) is 0 Å². The van der Waals surface area contributed by atoms with Crippen LogP contribution in [0.25, 0.3) is 103 Å². The highest BCUT2D eigenvalue weighted by Gasteiger charge is 2.53. The molecule has 2 nitrogen and oxygen atoms in total. The quantitative estimate of drug-likeness (QED) is 0.171. The Kier molecular flexibility index (Phi) is 8.57. The number of nitrogens with zero attached hydrogens (tertiary/aromatic N) is 2. The van der Waals surface area contributed by atoms with Gasteiger partial charge in [-0.05, 0) is 160 Å². The lowest BCUT2D eigenvalue weighted by molar-refractivity contribution is 0.748. The summed E-state index contributed by atoms with van der Waals surface area (Å²) in [6.45, 7) is 0. The van der Waals surface area contributed by atoms with Crippen LogP contribution in [0.3, 0.4) is 0 Å². The number of anilines is 3. The number of fused-ring (bicyclic) bond motifs is 27. The number of benzene rings is 13. The van der Waals surface area contributed by atoms with Crippen molar-refractivity contribution in [1.29, 1.82) is 0 Å². The fourth-order valence-corrected chi connectivity index (χ4v) is 17.1. The van der Waals surface area contributed by atoms with Crippen LogP contribution < -0.4 is 4.90 Å². The Morgan fingerprint density at radius 2 is 0.827 bits per heavy atom. The average molecular weight is 1040 g/mol. The highest BCUT2D eigenvalue weighted by Crippen LogP contribution is 2.66. The second kappa shape index (κ2) is 15.8. The third-order valence-corrected chi connectivity index (χ3v) is 20.1. The van der Waals surface area contributed by atoms with Crippen LogP contribution in [0.1, 0.15) is 44.5 Å². The second-order valence-corrected chi connectivity index (χ2v) is 23.6. The summed E-state index contributed by atoms with van der Waals surface area (Å²) in [5.74, 6) is 0. The molecule has 3 heterocycles. The van der Waals surface area contributed by atoms with E-state index in [0.717, 1.165) is 17.1 Å².